The van der Waals surface area contributed by atoms with E-state index in [2.05, 4.69) is 14.7 Å². The molecule has 0 N–H and O–H groups in total. The largest absolute Gasteiger partial charge is 0.411 e. The molecule has 0 radical (unpaired) electrons. The Labute approximate surface area is 124 Å². The highest BCUT2D eigenvalue weighted by atomic mass is 35.5. The van der Waals surface area contributed by atoms with Crippen molar-refractivity contribution < 1.29 is 17.9 Å². The summed E-state index contributed by atoms with van der Waals surface area (Å²) >= 11 is 6.01. The summed E-state index contributed by atoms with van der Waals surface area (Å²) in [6, 6.07) is 9.21. The molecule has 2 rings (SSSR count). The van der Waals surface area contributed by atoms with Crippen LogP contribution in [0.3, 0.4) is 0 Å². The SMILES string of the molecule is Cc1c(Cl)nc(COCC(F)(F)F)nc1-c1ccccc1. The van der Waals surface area contributed by atoms with E-state index in [4.69, 9.17) is 11.6 Å². The fourth-order valence-electron chi connectivity index (χ4n) is 1.73. The molecule has 0 fully saturated rings. The molecule has 0 saturated carbocycles. The minimum Gasteiger partial charge on any atom is -0.364 e. The highest BCUT2D eigenvalue weighted by molar-refractivity contribution is 6.30. The van der Waals surface area contributed by atoms with Gasteiger partial charge in [-0.3, -0.25) is 0 Å². The van der Waals surface area contributed by atoms with Gasteiger partial charge in [0, 0.05) is 11.1 Å². The summed E-state index contributed by atoms with van der Waals surface area (Å²) in [6.07, 6.45) is -4.38. The molecule has 0 aliphatic heterocycles. The van der Waals surface area contributed by atoms with Crippen molar-refractivity contribution in [3.8, 4) is 11.3 Å². The first-order valence-corrected chi connectivity index (χ1v) is 6.47. The predicted octanol–water partition coefficient (Wildman–Crippen LogP) is 4.18. The first-order chi connectivity index (χ1) is 9.87. The smallest absolute Gasteiger partial charge is 0.364 e. The normalized spacial score (nSPS) is 11.7. The van der Waals surface area contributed by atoms with Crippen LogP contribution in [-0.4, -0.2) is 22.8 Å². The number of halogens is 4. The predicted molar refractivity (Wildman–Crippen MR) is 72.9 cm³/mol. The van der Waals surface area contributed by atoms with Crippen molar-refractivity contribution in [1.82, 2.24) is 9.97 Å². The molecular weight excluding hydrogens is 305 g/mol. The van der Waals surface area contributed by atoms with E-state index < -0.39 is 12.8 Å². The van der Waals surface area contributed by atoms with Crippen molar-refractivity contribution in [2.24, 2.45) is 0 Å². The molecule has 7 heteroatoms. The minimum atomic E-state index is -4.38. The molecule has 0 aliphatic carbocycles. The Hall–Kier alpha value is -1.66. The van der Waals surface area contributed by atoms with Gasteiger partial charge in [-0.1, -0.05) is 41.9 Å². The average molecular weight is 317 g/mol. The van der Waals surface area contributed by atoms with Crippen molar-refractivity contribution in [3.63, 3.8) is 0 Å². The summed E-state index contributed by atoms with van der Waals surface area (Å²) < 4.78 is 40.7. The Morgan fingerprint density at radius 1 is 1.14 bits per heavy atom. The van der Waals surface area contributed by atoms with Crippen molar-refractivity contribution in [1.29, 1.82) is 0 Å². The van der Waals surface area contributed by atoms with Crippen molar-refractivity contribution in [2.75, 3.05) is 6.61 Å². The molecule has 0 saturated heterocycles. The number of hydrogen-bond donors (Lipinski definition) is 0. The van der Waals surface area contributed by atoms with Gasteiger partial charge in [0.25, 0.3) is 0 Å². The third-order valence-electron chi connectivity index (χ3n) is 2.68. The van der Waals surface area contributed by atoms with Crippen LogP contribution in [0.25, 0.3) is 11.3 Å². The zero-order valence-electron chi connectivity index (χ0n) is 11.1. The lowest BCUT2D eigenvalue weighted by Crippen LogP contribution is -2.17. The van der Waals surface area contributed by atoms with Crippen LogP contribution in [0, 0.1) is 6.92 Å². The van der Waals surface area contributed by atoms with Gasteiger partial charge in [-0.25, -0.2) is 9.97 Å². The summed E-state index contributed by atoms with van der Waals surface area (Å²) in [5.74, 6) is 0.119. The lowest BCUT2D eigenvalue weighted by Gasteiger charge is -2.10. The maximum atomic E-state index is 12.1. The second kappa shape index (κ2) is 6.41. The fourth-order valence-corrected chi connectivity index (χ4v) is 1.92. The van der Waals surface area contributed by atoms with Crippen LogP contribution in [0.5, 0.6) is 0 Å². The van der Waals surface area contributed by atoms with Crippen molar-refractivity contribution in [3.05, 3.63) is 46.9 Å². The second-order valence-electron chi connectivity index (χ2n) is 4.38. The van der Waals surface area contributed by atoms with Crippen molar-refractivity contribution in [2.45, 2.75) is 19.7 Å². The topological polar surface area (TPSA) is 35.0 Å². The van der Waals surface area contributed by atoms with Crippen LogP contribution < -0.4 is 0 Å². The van der Waals surface area contributed by atoms with Crippen molar-refractivity contribution >= 4 is 11.6 Å². The third kappa shape index (κ3) is 4.41. The van der Waals surface area contributed by atoms with Gasteiger partial charge in [-0.05, 0) is 6.92 Å². The zero-order valence-corrected chi connectivity index (χ0v) is 11.9. The van der Waals surface area contributed by atoms with E-state index in [-0.39, 0.29) is 17.6 Å². The van der Waals surface area contributed by atoms with E-state index in [0.717, 1.165) is 5.56 Å². The molecule has 21 heavy (non-hydrogen) atoms. The number of aromatic nitrogens is 2. The number of rotatable bonds is 4. The van der Waals surface area contributed by atoms with E-state index in [9.17, 15) is 13.2 Å². The molecule has 1 heterocycles. The maximum Gasteiger partial charge on any atom is 0.411 e. The van der Waals surface area contributed by atoms with Gasteiger partial charge in [0.2, 0.25) is 0 Å². The standard InChI is InChI=1S/C14H12ClF3N2O/c1-9-12(10-5-3-2-4-6-10)19-11(20-13(9)15)7-21-8-14(16,17)18/h2-6H,7-8H2,1H3. The molecule has 0 amide bonds. The van der Waals surface area contributed by atoms with Gasteiger partial charge >= 0.3 is 6.18 Å². The van der Waals surface area contributed by atoms with Gasteiger partial charge in [0.1, 0.15) is 18.4 Å². The first kappa shape index (κ1) is 15.7. The average Bonchev–Trinajstić information content (AvgIpc) is 2.42. The lowest BCUT2D eigenvalue weighted by molar-refractivity contribution is -0.177. The summed E-state index contributed by atoms with van der Waals surface area (Å²) in [6.45, 7) is 0.0624. The number of nitrogens with zero attached hydrogens (tertiary/aromatic N) is 2. The molecule has 2 aromatic rings. The monoisotopic (exact) mass is 316 g/mol. The number of benzene rings is 1. The number of alkyl halides is 3. The quantitative estimate of drug-likeness (QED) is 0.794. The van der Waals surface area contributed by atoms with E-state index in [1.54, 1.807) is 6.92 Å². The molecular formula is C14H12ClF3N2O. The van der Waals surface area contributed by atoms with Gasteiger partial charge in [-0.2, -0.15) is 13.2 Å². The number of ether oxygens (including phenoxy) is 1. The van der Waals surface area contributed by atoms with Gasteiger partial charge in [-0.15, -0.1) is 0 Å². The van der Waals surface area contributed by atoms with Crippen LogP contribution in [0.2, 0.25) is 5.15 Å². The van der Waals surface area contributed by atoms with Gasteiger partial charge < -0.3 is 4.74 Å². The van der Waals surface area contributed by atoms with E-state index in [0.29, 0.717) is 11.3 Å². The molecule has 3 nitrogen and oxygen atoms in total. The molecule has 0 spiro atoms. The Morgan fingerprint density at radius 3 is 2.43 bits per heavy atom. The Morgan fingerprint density at radius 2 is 1.81 bits per heavy atom. The molecule has 1 aromatic carbocycles. The van der Waals surface area contributed by atoms with E-state index in [1.807, 2.05) is 30.3 Å². The molecule has 1 aromatic heterocycles. The van der Waals surface area contributed by atoms with E-state index in [1.165, 1.54) is 0 Å². The summed E-state index contributed by atoms with van der Waals surface area (Å²) in [7, 11) is 0. The van der Waals surface area contributed by atoms with Crippen LogP contribution in [0.4, 0.5) is 13.2 Å². The van der Waals surface area contributed by atoms with Crippen LogP contribution in [0.1, 0.15) is 11.4 Å². The summed E-state index contributed by atoms with van der Waals surface area (Å²) in [5, 5.41) is 0.203. The van der Waals surface area contributed by atoms with Gasteiger partial charge in [0.15, 0.2) is 5.82 Å². The minimum absolute atomic E-state index is 0.119. The van der Waals surface area contributed by atoms with Crippen LogP contribution >= 0.6 is 11.6 Å². The fraction of sp³-hybridized carbons (Fsp3) is 0.286. The van der Waals surface area contributed by atoms with E-state index >= 15 is 0 Å². The molecule has 112 valence electrons. The number of hydrogen-bond acceptors (Lipinski definition) is 3. The molecule has 0 atom stereocenters. The Bertz CT molecular complexity index is 618. The molecule has 0 aliphatic rings. The molecule has 0 unspecified atom stereocenters. The maximum absolute atomic E-state index is 12.1. The third-order valence-corrected chi connectivity index (χ3v) is 3.04. The Kier molecular flexibility index (Phi) is 4.80. The van der Waals surface area contributed by atoms with Crippen LogP contribution in [0.15, 0.2) is 30.3 Å². The lowest BCUT2D eigenvalue weighted by atomic mass is 10.1. The zero-order chi connectivity index (χ0) is 15.5. The summed E-state index contributed by atoms with van der Waals surface area (Å²) in [5.41, 5.74) is 2.07. The highest BCUT2D eigenvalue weighted by Gasteiger charge is 2.27. The van der Waals surface area contributed by atoms with Gasteiger partial charge in [0.05, 0.1) is 5.69 Å². The molecule has 0 bridgehead atoms. The van der Waals surface area contributed by atoms with Crippen LogP contribution in [-0.2, 0) is 11.3 Å². The summed E-state index contributed by atoms with van der Waals surface area (Å²) in [4.78, 5) is 8.18. The second-order valence-corrected chi connectivity index (χ2v) is 4.74. The highest BCUT2D eigenvalue weighted by Crippen LogP contribution is 2.25. The Balaban J connectivity index is 2.23. The first-order valence-electron chi connectivity index (χ1n) is 6.10.